The second kappa shape index (κ2) is 6.51. The van der Waals surface area contributed by atoms with Gasteiger partial charge in [0.1, 0.15) is 0 Å². The summed E-state index contributed by atoms with van der Waals surface area (Å²) in [5, 5.41) is 2.38. The first-order valence-electron chi connectivity index (χ1n) is 5.38. The molecule has 1 aliphatic heterocycles. The van der Waals surface area contributed by atoms with E-state index in [1.165, 1.54) is 0 Å². The maximum atomic E-state index is 11.7. The summed E-state index contributed by atoms with van der Waals surface area (Å²) in [6.45, 7) is 3.92. The summed E-state index contributed by atoms with van der Waals surface area (Å²) in [5.41, 5.74) is 0. The number of nitrogens with one attached hydrogen (secondary N) is 2. The Balaban J connectivity index is 2.34. The molecule has 1 saturated heterocycles. The van der Waals surface area contributed by atoms with Crippen LogP contribution in [0.25, 0.3) is 0 Å². The van der Waals surface area contributed by atoms with E-state index in [1.54, 1.807) is 14.0 Å². The lowest BCUT2D eigenvalue weighted by Gasteiger charge is -2.23. The zero-order chi connectivity index (χ0) is 12.0. The molecule has 1 heterocycles. The summed E-state index contributed by atoms with van der Waals surface area (Å²) in [7, 11) is -1.54. The molecule has 16 heavy (non-hydrogen) atoms. The SMILES string of the molecule is CNCC(C)S(=O)(=O)NCC1COCCO1. The lowest BCUT2D eigenvalue weighted by atomic mass is 10.3. The highest BCUT2D eigenvalue weighted by atomic mass is 32.2. The van der Waals surface area contributed by atoms with E-state index in [1.807, 2.05) is 0 Å². The molecule has 1 aliphatic rings. The van der Waals surface area contributed by atoms with Crippen LogP contribution in [0.5, 0.6) is 0 Å². The third-order valence-electron chi connectivity index (χ3n) is 2.42. The van der Waals surface area contributed by atoms with Crippen LogP contribution in [0.4, 0.5) is 0 Å². The Morgan fingerprint density at radius 1 is 1.44 bits per heavy atom. The fraction of sp³-hybridized carbons (Fsp3) is 1.00. The number of hydrogen-bond acceptors (Lipinski definition) is 5. The summed E-state index contributed by atoms with van der Waals surface area (Å²) < 4.78 is 36.5. The third-order valence-corrected chi connectivity index (χ3v) is 4.21. The standard InChI is InChI=1S/C9H20N2O4S/c1-8(5-10-2)16(12,13)11-6-9-7-14-3-4-15-9/h8-11H,3-7H2,1-2H3. The first-order chi connectivity index (χ1) is 7.56. The molecule has 2 atom stereocenters. The third kappa shape index (κ3) is 4.34. The summed E-state index contributed by atoms with van der Waals surface area (Å²) >= 11 is 0. The summed E-state index contributed by atoms with van der Waals surface area (Å²) in [6, 6.07) is 0. The van der Waals surface area contributed by atoms with Crippen molar-refractivity contribution >= 4 is 10.0 Å². The Morgan fingerprint density at radius 3 is 2.75 bits per heavy atom. The van der Waals surface area contributed by atoms with Crippen molar-refractivity contribution in [1.29, 1.82) is 0 Å². The van der Waals surface area contributed by atoms with Gasteiger partial charge in [-0.1, -0.05) is 0 Å². The van der Waals surface area contributed by atoms with Crippen LogP contribution in [-0.2, 0) is 19.5 Å². The van der Waals surface area contributed by atoms with Crippen LogP contribution in [0.2, 0.25) is 0 Å². The van der Waals surface area contributed by atoms with Crippen molar-refractivity contribution in [1.82, 2.24) is 10.0 Å². The van der Waals surface area contributed by atoms with Crippen molar-refractivity contribution in [2.24, 2.45) is 0 Å². The van der Waals surface area contributed by atoms with Gasteiger partial charge in [-0.15, -0.1) is 0 Å². The quantitative estimate of drug-likeness (QED) is 0.629. The Kier molecular flexibility index (Phi) is 5.63. The van der Waals surface area contributed by atoms with E-state index in [9.17, 15) is 8.42 Å². The number of sulfonamides is 1. The van der Waals surface area contributed by atoms with Crippen LogP contribution in [0.1, 0.15) is 6.92 Å². The van der Waals surface area contributed by atoms with Crippen molar-refractivity contribution in [3.63, 3.8) is 0 Å². The number of rotatable bonds is 6. The molecule has 96 valence electrons. The Bertz CT molecular complexity index is 288. The van der Waals surface area contributed by atoms with Crippen molar-refractivity contribution in [3.05, 3.63) is 0 Å². The molecule has 0 aromatic rings. The van der Waals surface area contributed by atoms with Gasteiger partial charge in [0.2, 0.25) is 10.0 Å². The highest BCUT2D eigenvalue weighted by Crippen LogP contribution is 2.02. The van der Waals surface area contributed by atoms with Crippen molar-refractivity contribution in [2.75, 3.05) is 40.0 Å². The summed E-state index contributed by atoms with van der Waals surface area (Å²) in [4.78, 5) is 0. The van der Waals surface area contributed by atoms with Crippen LogP contribution < -0.4 is 10.0 Å². The molecule has 1 rings (SSSR count). The second-order valence-electron chi connectivity index (χ2n) is 3.83. The minimum Gasteiger partial charge on any atom is -0.376 e. The van der Waals surface area contributed by atoms with Crippen LogP contribution in [0.3, 0.4) is 0 Å². The minimum absolute atomic E-state index is 0.176. The highest BCUT2D eigenvalue weighted by molar-refractivity contribution is 7.90. The van der Waals surface area contributed by atoms with Gasteiger partial charge in [0.15, 0.2) is 0 Å². The molecule has 6 nitrogen and oxygen atoms in total. The largest absolute Gasteiger partial charge is 0.376 e. The van der Waals surface area contributed by atoms with Gasteiger partial charge in [-0.3, -0.25) is 0 Å². The molecule has 0 aliphatic carbocycles. The molecular weight excluding hydrogens is 232 g/mol. The molecule has 0 spiro atoms. The van der Waals surface area contributed by atoms with Gasteiger partial charge in [0.25, 0.3) is 0 Å². The van der Waals surface area contributed by atoms with E-state index >= 15 is 0 Å². The normalized spacial score (nSPS) is 24.2. The van der Waals surface area contributed by atoms with Crippen LogP contribution in [-0.4, -0.2) is 59.7 Å². The first kappa shape index (κ1) is 13.9. The second-order valence-corrected chi connectivity index (χ2v) is 6.01. The summed E-state index contributed by atoms with van der Waals surface area (Å²) in [5.74, 6) is 0. The molecule has 0 saturated carbocycles. The highest BCUT2D eigenvalue weighted by Gasteiger charge is 2.22. The molecule has 0 aromatic heterocycles. The van der Waals surface area contributed by atoms with Crippen molar-refractivity contribution in [3.8, 4) is 0 Å². The predicted octanol–water partition coefficient (Wildman–Crippen LogP) is -1.07. The lowest BCUT2D eigenvalue weighted by Crippen LogP contribution is -2.44. The van der Waals surface area contributed by atoms with E-state index in [2.05, 4.69) is 10.0 Å². The van der Waals surface area contributed by atoms with E-state index in [-0.39, 0.29) is 12.6 Å². The Morgan fingerprint density at radius 2 is 2.19 bits per heavy atom. The lowest BCUT2D eigenvalue weighted by molar-refractivity contribution is -0.0847. The van der Waals surface area contributed by atoms with Gasteiger partial charge in [0.05, 0.1) is 31.2 Å². The first-order valence-corrected chi connectivity index (χ1v) is 6.93. The summed E-state index contributed by atoms with van der Waals surface area (Å²) in [6.07, 6.45) is -0.176. The zero-order valence-corrected chi connectivity index (χ0v) is 10.5. The number of hydrogen-bond donors (Lipinski definition) is 2. The van der Waals surface area contributed by atoms with Crippen LogP contribution in [0, 0.1) is 0 Å². The Labute approximate surface area is 96.7 Å². The molecular formula is C9H20N2O4S. The maximum Gasteiger partial charge on any atom is 0.215 e. The van der Waals surface area contributed by atoms with Gasteiger partial charge in [0, 0.05) is 13.1 Å². The van der Waals surface area contributed by atoms with Crippen molar-refractivity contribution < 1.29 is 17.9 Å². The van der Waals surface area contributed by atoms with E-state index in [0.717, 1.165) is 0 Å². The number of ether oxygens (including phenoxy) is 2. The minimum atomic E-state index is -3.27. The van der Waals surface area contributed by atoms with Crippen LogP contribution >= 0.6 is 0 Å². The molecule has 1 fully saturated rings. The molecule has 0 radical (unpaired) electrons. The maximum absolute atomic E-state index is 11.7. The predicted molar refractivity (Wildman–Crippen MR) is 60.9 cm³/mol. The molecule has 2 N–H and O–H groups in total. The topological polar surface area (TPSA) is 76.7 Å². The molecule has 0 amide bonds. The zero-order valence-electron chi connectivity index (χ0n) is 9.73. The van der Waals surface area contributed by atoms with Crippen LogP contribution in [0.15, 0.2) is 0 Å². The molecule has 2 unspecified atom stereocenters. The smallest absolute Gasteiger partial charge is 0.215 e. The molecule has 0 bridgehead atoms. The Hall–Kier alpha value is -0.210. The van der Waals surface area contributed by atoms with Gasteiger partial charge < -0.3 is 14.8 Å². The van der Waals surface area contributed by atoms with Gasteiger partial charge in [-0.2, -0.15) is 0 Å². The van der Waals surface area contributed by atoms with E-state index in [4.69, 9.17) is 9.47 Å². The average Bonchev–Trinajstić information content (AvgIpc) is 2.28. The van der Waals surface area contributed by atoms with Crippen molar-refractivity contribution in [2.45, 2.75) is 18.3 Å². The van der Waals surface area contributed by atoms with E-state index in [0.29, 0.717) is 26.4 Å². The van der Waals surface area contributed by atoms with E-state index < -0.39 is 15.3 Å². The van der Waals surface area contributed by atoms with Gasteiger partial charge in [-0.05, 0) is 14.0 Å². The van der Waals surface area contributed by atoms with Gasteiger partial charge >= 0.3 is 0 Å². The van der Waals surface area contributed by atoms with Gasteiger partial charge in [-0.25, -0.2) is 13.1 Å². The monoisotopic (exact) mass is 252 g/mol. The average molecular weight is 252 g/mol. The molecule has 7 heteroatoms. The fourth-order valence-electron chi connectivity index (χ4n) is 1.40. The fourth-order valence-corrected chi connectivity index (χ4v) is 2.49. The molecule has 0 aromatic carbocycles.